The number of carbonyl (C=O) groups excluding carboxylic acids is 2. The smallest absolute Gasteiger partial charge is 0.257 e. The van der Waals surface area contributed by atoms with E-state index in [0.717, 1.165) is 89.3 Å². The van der Waals surface area contributed by atoms with Crippen LogP contribution in [-0.4, -0.2) is 89.2 Å². The Labute approximate surface area is 221 Å². The molecule has 198 valence electrons. The number of hydrogen-bond acceptors (Lipinski definition) is 6. The number of hydrogen-bond donors (Lipinski definition) is 0. The first-order valence-corrected chi connectivity index (χ1v) is 13.9. The molecule has 0 radical (unpaired) electrons. The van der Waals surface area contributed by atoms with Gasteiger partial charge in [-0.3, -0.25) is 4.79 Å². The molecule has 7 nitrogen and oxygen atoms in total. The molecule has 37 heavy (non-hydrogen) atoms. The van der Waals surface area contributed by atoms with Crippen LogP contribution in [0.2, 0.25) is 0 Å². The number of benzene rings is 1. The van der Waals surface area contributed by atoms with E-state index in [1.54, 1.807) is 0 Å². The van der Waals surface area contributed by atoms with Gasteiger partial charge in [-0.2, -0.15) is 0 Å². The molecular weight excluding hydrogens is 462 g/mol. The fourth-order valence-corrected chi connectivity index (χ4v) is 6.96. The van der Waals surface area contributed by atoms with Crippen molar-refractivity contribution in [2.75, 3.05) is 52.4 Å². The van der Waals surface area contributed by atoms with Crippen molar-refractivity contribution >= 4 is 12.2 Å². The van der Waals surface area contributed by atoms with Crippen molar-refractivity contribution in [3.8, 4) is 0 Å². The lowest BCUT2D eigenvalue weighted by Crippen LogP contribution is -2.45. The first kappa shape index (κ1) is 26.0. The Morgan fingerprint density at radius 1 is 1.00 bits per heavy atom. The molecule has 7 heteroatoms. The number of carbonyl (C=O) groups is 2. The lowest BCUT2D eigenvalue weighted by molar-refractivity contribution is -0.111. The number of piperidine rings is 1. The number of likely N-dealkylation sites (tertiary alicyclic amines) is 3. The van der Waals surface area contributed by atoms with Crippen LogP contribution in [-0.2, 0) is 10.2 Å². The minimum Gasteiger partial charge on any atom is -0.338 e. The molecule has 0 bridgehead atoms. The number of fused-ring (bicyclic) bond motifs is 1. The summed E-state index contributed by atoms with van der Waals surface area (Å²) in [7, 11) is 0. The van der Waals surface area contributed by atoms with Gasteiger partial charge in [0.1, 0.15) is 12.6 Å². The molecule has 3 aliphatic heterocycles. The van der Waals surface area contributed by atoms with Gasteiger partial charge >= 0.3 is 0 Å². The zero-order chi connectivity index (χ0) is 26.0. The summed E-state index contributed by atoms with van der Waals surface area (Å²) in [4.78, 5) is 40.1. The van der Waals surface area contributed by atoms with E-state index in [1.807, 2.05) is 25.7 Å². The number of aromatic nitrogens is 2. The van der Waals surface area contributed by atoms with E-state index in [4.69, 9.17) is 0 Å². The molecule has 1 aromatic carbocycles. The Morgan fingerprint density at radius 2 is 1.62 bits per heavy atom. The number of rotatable bonds is 8. The predicted octanol–water partition coefficient (Wildman–Crippen LogP) is 3.36. The second kappa shape index (κ2) is 11.0. The lowest BCUT2D eigenvalue weighted by atomic mass is 9.70. The molecule has 3 unspecified atom stereocenters. The molecule has 0 N–H and O–H groups in total. The van der Waals surface area contributed by atoms with E-state index in [-0.39, 0.29) is 17.2 Å². The third kappa shape index (κ3) is 5.48. The molecule has 3 atom stereocenters. The minimum atomic E-state index is 0.0928. The average molecular weight is 504 g/mol. The van der Waals surface area contributed by atoms with Crippen LogP contribution in [0.5, 0.6) is 0 Å². The molecule has 3 saturated heterocycles. The normalized spacial score (nSPS) is 24.7. The molecule has 0 saturated carbocycles. The van der Waals surface area contributed by atoms with Gasteiger partial charge < -0.3 is 19.5 Å². The fraction of sp³-hybridized carbons (Fsp3) is 0.600. The van der Waals surface area contributed by atoms with Crippen LogP contribution in [0.3, 0.4) is 0 Å². The van der Waals surface area contributed by atoms with Gasteiger partial charge in [0.2, 0.25) is 0 Å². The van der Waals surface area contributed by atoms with Crippen molar-refractivity contribution in [2.45, 2.75) is 45.4 Å². The molecule has 0 spiro atoms. The maximum atomic E-state index is 13.3. The summed E-state index contributed by atoms with van der Waals surface area (Å²) in [5.74, 6) is 1.29. The van der Waals surface area contributed by atoms with Crippen molar-refractivity contribution < 1.29 is 9.59 Å². The number of aryl methyl sites for hydroxylation is 2. The lowest BCUT2D eigenvalue weighted by Gasteiger charge is -2.43. The van der Waals surface area contributed by atoms with Gasteiger partial charge in [0.05, 0.1) is 17.0 Å². The highest BCUT2D eigenvalue weighted by atomic mass is 16.2. The molecular formula is C30H41N5O2. The highest BCUT2D eigenvalue weighted by Gasteiger charge is 2.43. The number of nitrogens with zero attached hydrogens (tertiary/aromatic N) is 5. The first-order chi connectivity index (χ1) is 17.9. The summed E-state index contributed by atoms with van der Waals surface area (Å²) < 4.78 is 0. The Kier molecular flexibility index (Phi) is 7.72. The molecule has 1 amide bonds. The van der Waals surface area contributed by atoms with Crippen molar-refractivity contribution in [2.24, 2.45) is 17.8 Å². The summed E-state index contributed by atoms with van der Waals surface area (Å²) in [5, 5.41) is 0. The topological polar surface area (TPSA) is 69.6 Å². The standard InChI is InChI=1S/C30H41N5O2/c1-22(20-36)15-33-12-9-30(10-13-33,27-7-5-4-6-8-27)11-14-34-16-25-18-35(19-26(25)17-34)29(37)28-23(2)31-21-32-24(28)3/h4-8,20-22,25-26H,9-19H2,1-3H3. The third-order valence-electron chi connectivity index (χ3n) is 9.17. The van der Waals surface area contributed by atoms with Gasteiger partial charge in [-0.1, -0.05) is 37.3 Å². The molecule has 0 aliphatic carbocycles. The Morgan fingerprint density at radius 3 is 2.22 bits per heavy atom. The predicted molar refractivity (Wildman–Crippen MR) is 144 cm³/mol. The van der Waals surface area contributed by atoms with Crippen LogP contribution in [0.4, 0.5) is 0 Å². The number of aldehydes is 1. The number of amides is 1. The zero-order valence-electron chi connectivity index (χ0n) is 22.6. The Balaban J connectivity index is 1.19. The maximum absolute atomic E-state index is 13.3. The van der Waals surface area contributed by atoms with Gasteiger partial charge in [-0.15, -0.1) is 0 Å². The van der Waals surface area contributed by atoms with Gasteiger partial charge in [0.25, 0.3) is 5.91 Å². The van der Waals surface area contributed by atoms with Crippen LogP contribution in [0.15, 0.2) is 36.7 Å². The quantitative estimate of drug-likeness (QED) is 0.515. The Hall–Kier alpha value is -2.64. The van der Waals surface area contributed by atoms with E-state index in [2.05, 4.69) is 50.1 Å². The summed E-state index contributed by atoms with van der Waals surface area (Å²) in [6.07, 6.45) is 6.06. The van der Waals surface area contributed by atoms with E-state index in [9.17, 15) is 9.59 Å². The van der Waals surface area contributed by atoms with Gasteiger partial charge in [0, 0.05) is 38.6 Å². The monoisotopic (exact) mass is 503 g/mol. The second-order valence-corrected chi connectivity index (χ2v) is 11.7. The largest absolute Gasteiger partial charge is 0.338 e. The van der Waals surface area contributed by atoms with Crippen LogP contribution in [0.1, 0.15) is 53.5 Å². The zero-order valence-corrected chi connectivity index (χ0v) is 22.6. The molecule has 1 aromatic heterocycles. The maximum Gasteiger partial charge on any atom is 0.257 e. The van der Waals surface area contributed by atoms with E-state index in [1.165, 1.54) is 11.9 Å². The summed E-state index contributed by atoms with van der Waals surface area (Å²) >= 11 is 0. The Bertz CT molecular complexity index is 1060. The summed E-state index contributed by atoms with van der Waals surface area (Å²) in [5.41, 5.74) is 3.88. The average Bonchev–Trinajstić information content (AvgIpc) is 3.48. The van der Waals surface area contributed by atoms with Crippen molar-refractivity contribution in [3.63, 3.8) is 0 Å². The summed E-state index contributed by atoms with van der Waals surface area (Å²) in [6, 6.07) is 11.1. The van der Waals surface area contributed by atoms with Gasteiger partial charge in [-0.05, 0) is 75.6 Å². The van der Waals surface area contributed by atoms with E-state index >= 15 is 0 Å². The second-order valence-electron chi connectivity index (χ2n) is 11.7. The van der Waals surface area contributed by atoms with Crippen LogP contribution < -0.4 is 0 Å². The molecule has 3 aliphatic rings. The minimum absolute atomic E-state index is 0.0928. The van der Waals surface area contributed by atoms with Gasteiger partial charge in [-0.25, -0.2) is 9.97 Å². The van der Waals surface area contributed by atoms with Crippen LogP contribution >= 0.6 is 0 Å². The molecule has 3 fully saturated rings. The highest BCUT2D eigenvalue weighted by molar-refractivity contribution is 5.96. The van der Waals surface area contributed by atoms with Gasteiger partial charge in [0.15, 0.2) is 0 Å². The molecule has 2 aromatic rings. The van der Waals surface area contributed by atoms with Crippen molar-refractivity contribution in [1.82, 2.24) is 24.7 Å². The van der Waals surface area contributed by atoms with E-state index < -0.39 is 0 Å². The third-order valence-corrected chi connectivity index (χ3v) is 9.17. The van der Waals surface area contributed by atoms with Crippen LogP contribution in [0, 0.1) is 31.6 Å². The van der Waals surface area contributed by atoms with E-state index in [0.29, 0.717) is 17.4 Å². The highest BCUT2D eigenvalue weighted by Crippen LogP contribution is 2.40. The fourth-order valence-electron chi connectivity index (χ4n) is 6.96. The summed E-state index contributed by atoms with van der Waals surface area (Å²) in [6.45, 7) is 13.7. The van der Waals surface area contributed by atoms with Crippen molar-refractivity contribution in [3.05, 3.63) is 59.2 Å². The molecule has 4 heterocycles. The molecule has 5 rings (SSSR count). The van der Waals surface area contributed by atoms with Crippen molar-refractivity contribution in [1.29, 1.82) is 0 Å². The first-order valence-electron chi connectivity index (χ1n) is 13.9. The van der Waals surface area contributed by atoms with Crippen LogP contribution in [0.25, 0.3) is 0 Å². The SMILES string of the molecule is Cc1ncnc(C)c1C(=O)N1CC2CN(CCC3(c4ccccc4)CCN(CC(C)C=O)CC3)CC2C1.